The lowest BCUT2D eigenvalue weighted by Crippen LogP contribution is -2.60. The van der Waals surface area contributed by atoms with Crippen LogP contribution in [0, 0.1) is 17.8 Å². The quantitative estimate of drug-likeness (QED) is 0.152. The number of nitrogens with zero attached hydrogens (tertiary/aromatic N) is 2. The molecule has 0 radical (unpaired) electrons. The van der Waals surface area contributed by atoms with Crippen LogP contribution in [0.4, 0.5) is 0 Å². The third-order valence-electron chi connectivity index (χ3n) is 9.30. The highest BCUT2D eigenvalue weighted by atomic mass is 79.9. The number of likely N-dealkylation sites (tertiary alicyclic amines) is 1. The van der Waals surface area contributed by atoms with E-state index in [9.17, 15) is 24.3 Å². The van der Waals surface area contributed by atoms with Gasteiger partial charge in [-0.3, -0.25) is 19.2 Å². The predicted molar refractivity (Wildman–Crippen MR) is 178 cm³/mol. The van der Waals surface area contributed by atoms with Crippen molar-refractivity contribution in [2.75, 3.05) is 19.7 Å². The molecule has 1 unspecified atom stereocenters. The molecule has 3 fully saturated rings. The van der Waals surface area contributed by atoms with E-state index in [4.69, 9.17) is 9.47 Å². The van der Waals surface area contributed by atoms with Gasteiger partial charge in [0.15, 0.2) is 0 Å². The van der Waals surface area contributed by atoms with Crippen molar-refractivity contribution >= 4 is 39.6 Å². The van der Waals surface area contributed by atoms with Gasteiger partial charge in [0.05, 0.1) is 37.1 Å². The number of amides is 3. The van der Waals surface area contributed by atoms with Crippen LogP contribution in [0.3, 0.4) is 0 Å². The standard InChI is InChI=1S/C35H48BrN3O7/c1-7-9-15-27(41)37-19-26(23-13-11-10-12-14-23)45-34(44)28-29-32(42)39(24(20-40)17-21(3)4)31(33(43)38(16-8-2)22(5)6)35(29)18-25(36)30(28)46-35/h7-8,10-14,21-22,24-26,28-31,40H,1-2,9,15-20H2,3-6H3,(H,37,41)/t24-,25?,26-,28+,29-,30+,31+,35-/m1/s1. The second kappa shape index (κ2) is 15.3. The summed E-state index contributed by atoms with van der Waals surface area (Å²) in [5, 5.41) is 13.4. The molecule has 2 bridgehead atoms. The lowest BCUT2D eigenvalue weighted by molar-refractivity contribution is -0.161. The van der Waals surface area contributed by atoms with Crippen molar-refractivity contribution in [2.24, 2.45) is 17.8 Å². The first-order valence-corrected chi connectivity index (χ1v) is 17.1. The Hall–Kier alpha value is -3.02. The van der Waals surface area contributed by atoms with Crippen molar-refractivity contribution in [3.8, 4) is 0 Å². The van der Waals surface area contributed by atoms with Crippen LogP contribution in [0.15, 0.2) is 55.6 Å². The van der Waals surface area contributed by atoms with E-state index in [0.29, 0.717) is 24.8 Å². The van der Waals surface area contributed by atoms with Gasteiger partial charge in [0, 0.05) is 23.8 Å². The molecule has 0 aliphatic carbocycles. The Kier molecular flexibility index (Phi) is 11.9. The van der Waals surface area contributed by atoms with Gasteiger partial charge in [-0.1, -0.05) is 72.3 Å². The molecule has 3 heterocycles. The van der Waals surface area contributed by atoms with Gasteiger partial charge in [-0.15, -0.1) is 13.2 Å². The minimum Gasteiger partial charge on any atom is -0.455 e. The molecular weight excluding hydrogens is 654 g/mol. The van der Waals surface area contributed by atoms with Gasteiger partial charge in [0.1, 0.15) is 17.7 Å². The van der Waals surface area contributed by atoms with Crippen LogP contribution in [0.25, 0.3) is 0 Å². The third-order valence-corrected chi connectivity index (χ3v) is 10.1. The Balaban J connectivity index is 1.72. The fraction of sp³-hybridized carbons (Fsp3) is 0.600. The van der Waals surface area contributed by atoms with E-state index in [0.717, 1.165) is 0 Å². The van der Waals surface area contributed by atoms with Crippen molar-refractivity contribution in [3.05, 3.63) is 61.2 Å². The fourth-order valence-electron chi connectivity index (χ4n) is 7.32. The number of fused-ring (bicyclic) bond motifs is 1. The second-order valence-electron chi connectivity index (χ2n) is 13.2. The van der Waals surface area contributed by atoms with Gasteiger partial charge >= 0.3 is 5.97 Å². The number of aliphatic hydroxyl groups is 1. The smallest absolute Gasteiger partial charge is 0.313 e. The molecule has 3 aliphatic rings. The summed E-state index contributed by atoms with van der Waals surface area (Å²) >= 11 is 3.71. The van der Waals surface area contributed by atoms with Crippen LogP contribution in [-0.4, -0.2) is 93.0 Å². The molecule has 4 rings (SSSR count). The summed E-state index contributed by atoms with van der Waals surface area (Å²) in [5.74, 6) is -3.37. The SMILES string of the molecule is C=CCCC(=O)NC[C@@H](OC(=O)[C@@H]1[C@H]2O[C@@]3(CC2Br)[C@H](C(=O)N(CC=C)C(C)C)N([C@@H](CO)CC(C)C)C(=O)[C@@H]13)c1ccccc1. The Labute approximate surface area is 280 Å². The minimum absolute atomic E-state index is 0.0462. The molecule has 8 atom stereocenters. The van der Waals surface area contributed by atoms with E-state index in [-0.39, 0.29) is 54.7 Å². The number of esters is 1. The highest BCUT2D eigenvalue weighted by molar-refractivity contribution is 9.09. The monoisotopic (exact) mass is 701 g/mol. The van der Waals surface area contributed by atoms with Gasteiger partial charge in [-0.05, 0) is 44.6 Å². The molecule has 3 amide bonds. The van der Waals surface area contributed by atoms with Crippen molar-refractivity contribution in [1.82, 2.24) is 15.1 Å². The molecular formula is C35H48BrN3O7. The molecule has 0 aromatic heterocycles. The molecule has 0 saturated carbocycles. The minimum atomic E-state index is -1.30. The average molecular weight is 703 g/mol. The summed E-state index contributed by atoms with van der Waals surface area (Å²) in [4.78, 5) is 58.6. The molecule has 1 spiro atoms. The van der Waals surface area contributed by atoms with Crippen molar-refractivity contribution in [1.29, 1.82) is 0 Å². The maximum absolute atomic E-state index is 14.6. The molecule has 10 nitrogen and oxygen atoms in total. The number of hydrogen-bond acceptors (Lipinski definition) is 7. The van der Waals surface area contributed by atoms with Crippen LogP contribution in [0.1, 0.15) is 65.0 Å². The Morgan fingerprint density at radius 3 is 2.48 bits per heavy atom. The van der Waals surface area contributed by atoms with E-state index < -0.39 is 53.6 Å². The second-order valence-corrected chi connectivity index (χ2v) is 14.4. The molecule has 2 N–H and O–H groups in total. The highest BCUT2D eigenvalue weighted by Gasteiger charge is 2.77. The molecule has 3 aliphatic heterocycles. The normalized spacial score (nSPS) is 27.8. The molecule has 1 aromatic rings. The van der Waals surface area contributed by atoms with E-state index in [1.54, 1.807) is 17.1 Å². The van der Waals surface area contributed by atoms with Crippen LogP contribution in [0.2, 0.25) is 0 Å². The molecule has 46 heavy (non-hydrogen) atoms. The van der Waals surface area contributed by atoms with Crippen molar-refractivity contribution in [2.45, 2.75) is 94.1 Å². The highest BCUT2D eigenvalue weighted by Crippen LogP contribution is 2.61. The number of allylic oxidation sites excluding steroid dienone is 1. The number of ether oxygens (including phenoxy) is 2. The zero-order valence-corrected chi connectivity index (χ0v) is 28.9. The number of benzene rings is 1. The number of nitrogens with one attached hydrogen (secondary N) is 1. The Bertz CT molecular complexity index is 1290. The Morgan fingerprint density at radius 1 is 1.20 bits per heavy atom. The number of aliphatic hydroxyl groups excluding tert-OH is 1. The van der Waals surface area contributed by atoms with Gasteiger partial charge < -0.3 is 29.7 Å². The van der Waals surface area contributed by atoms with E-state index in [2.05, 4.69) is 34.4 Å². The zero-order chi connectivity index (χ0) is 33.8. The maximum atomic E-state index is 14.6. The van der Waals surface area contributed by atoms with E-state index in [1.807, 2.05) is 58.0 Å². The number of carbonyl (C=O) groups excluding carboxylic acids is 4. The topological polar surface area (TPSA) is 125 Å². The van der Waals surface area contributed by atoms with E-state index in [1.165, 1.54) is 4.90 Å². The van der Waals surface area contributed by atoms with Gasteiger partial charge in [-0.25, -0.2) is 0 Å². The van der Waals surface area contributed by atoms with Crippen LogP contribution >= 0.6 is 15.9 Å². The molecule has 3 saturated heterocycles. The predicted octanol–water partition coefficient (Wildman–Crippen LogP) is 3.93. The lowest BCUT2D eigenvalue weighted by atomic mass is 9.70. The number of hydrogen-bond donors (Lipinski definition) is 2. The van der Waals surface area contributed by atoms with Crippen LogP contribution < -0.4 is 5.32 Å². The van der Waals surface area contributed by atoms with Gasteiger partial charge in [0.25, 0.3) is 0 Å². The number of halogens is 1. The number of alkyl halides is 1. The fourth-order valence-corrected chi connectivity index (χ4v) is 8.27. The number of carbonyl (C=O) groups is 4. The zero-order valence-electron chi connectivity index (χ0n) is 27.3. The van der Waals surface area contributed by atoms with E-state index >= 15 is 0 Å². The first kappa shape index (κ1) is 35.8. The summed E-state index contributed by atoms with van der Waals surface area (Å²) in [5.41, 5.74) is -0.605. The molecule has 252 valence electrons. The average Bonchev–Trinajstić information content (AvgIpc) is 3.62. The number of rotatable bonds is 16. The third kappa shape index (κ3) is 6.96. The Morgan fingerprint density at radius 2 is 1.89 bits per heavy atom. The first-order chi connectivity index (χ1) is 21.9. The summed E-state index contributed by atoms with van der Waals surface area (Å²) in [6.45, 7) is 15.2. The van der Waals surface area contributed by atoms with Gasteiger partial charge in [-0.2, -0.15) is 0 Å². The molecule has 11 heteroatoms. The van der Waals surface area contributed by atoms with Crippen LogP contribution in [-0.2, 0) is 28.7 Å². The van der Waals surface area contributed by atoms with Crippen molar-refractivity contribution < 1.29 is 33.8 Å². The maximum Gasteiger partial charge on any atom is 0.313 e. The summed E-state index contributed by atoms with van der Waals surface area (Å²) in [6, 6.07) is 7.24. The summed E-state index contributed by atoms with van der Waals surface area (Å²) in [6.07, 6.45) is 3.37. The van der Waals surface area contributed by atoms with Gasteiger partial charge in [0.2, 0.25) is 17.7 Å². The summed E-state index contributed by atoms with van der Waals surface area (Å²) in [7, 11) is 0. The largest absolute Gasteiger partial charge is 0.455 e. The first-order valence-electron chi connectivity index (χ1n) is 16.2. The van der Waals surface area contributed by atoms with Crippen LogP contribution in [0.5, 0.6) is 0 Å². The van der Waals surface area contributed by atoms with Crippen molar-refractivity contribution in [3.63, 3.8) is 0 Å². The summed E-state index contributed by atoms with van der Waals surface area (Å²) < 4.78 is 12.8. The molecule has 1 aromatic carbocycles. The lowest BCUT2D eigenvalue weighted by Gasteiger charge is -2.40.